The third kappa shape index (κ3) is 5.00. The van der Waals surface area contributed by atoms with Gasteiger partial charge in [-0.05, 0) is 23.9 Å². The predicted octanol–water partition coefficient (Wildman–Crippen LogP) is 6.25. The Bertz CT molecular complexity index is 445. The topological polar surface area (TPSA) is 12.0 Å². The number of unbranched alkanes of at least 4 members (excludes halogenated alkanes) is 5. The first-order valence-electron chi connectivity index (χ1n) is 7.26. The molecule has 0 atom stereocenters. The van der Waals surface area contributed by atoms with E-state index >= 15 is 0 Å². The van der Waals surface area contributed by atoms with E-state index in [1.165, 1.54) is 54.0 Å². The molecule has 1 nitrogen and oxygen atoms in total. The van der Waals surface area contributed by atoms with E-state index in [0.29, 0.717) is 0 Å². The van der Waals surface area contributed by atoms with Crippen LogP contribution in [0.2, 0.25) is 0 Å². The number of nitrogens with one attached hydrogen (secondary N) is 1. The van der Waals surface area contributed by atoms with Crippen LogP contribution in [0.25, 0.3) is 9.75 Å². The summed E-state index contributed by atoms with van der Waals surface area (Å²) in [5.41, 5.74) is 1.28. The maximum Gasteiger partial charge on any atom is 0.0463 e. The molecule has 0 saturated carbocycles. The van der Waals surface area contributed by atoms with Crippen LogP contribution >= 0.6 is 22.7 Å². The first-order chi connectivity index (χ1) is 9.40. The van der Waals surface area contributed by atoms with Crippen molar-refractivity contribution in [3.05, 3.63) is 29.0 Å². The molecule has 0 unspecified atom stereocenters. The quantitative estimate of drug-likeness (QED) is 0.539. The molecule has 0 aliphatic rings. The Morgan fingerprint density at radius 3 is 2.63 bits per heavy atom. The van der Waals surface area contributed by atoms with Crippen LogP contribution < -0.4 is 5.32 Å². The highest BCUT2D eigenvalue weighted by Gasteiger charge is 2.02. The van der Waals surface area contributed by atoms with Gasteiger partial charge in [0.2, 0.25) is 0 Å². The standard InChI is InChI=1S/C16H23NS2/c1-2-3-4-5-6-7-10-17-14-12-16(19-13-14)15-9-8-11-18-15/h8-9,11-13,17H,2-7,10H2,1H3. The maximum atomic E-state index is 3.53. The normalized spacial score (nSPS) is 10.8. The van der Waals surface area contributed by atoms with Gasteiger partial charge in [0, 0.05) is 27.4 Å². The van der Waals surface area contributed by atoms with Crippen molar-refractivity contribution < 1.29 is 0 Å². The van der Waals surface area contributed by atoms with Crippen molar-refractivity contribution in [3.63, 3.8) is 0 Å². The molecule has 3 heteroatoms. The van der Waals surface area contributed by atoms with Crippen LogP contribution in [0.4, 0.5) is 5.69 Å². The van der Waals surface area contributed by atoms with Crippen molar-refractivity contribution in [1.29, 1.82) is 0 Å². The number of anilines is 1. The summed E-state index contributed by atoms with van der Waals surface area (Å²) in [7, 11) is 0. The summed E-state index contributed by atoms with van der Waals surface area (Å²) in [6, 6.07) is 6.57. The summed E-state index contributed by atoms with van der Waals surface area (Å²) >= 11 is 3.64. The molecule has 0 bridgehead atoms. The van der Waals surface area contributed by atoms with Crippen molar-refractivity contribution in [2.75, 3.05) is 11.9 Å². The van der Waals surface area contributed by atoms with Gasteiger partial charge in [-0.2, -0.15) is 0 Å². The van der Waals surface area contributed by atoms with E-state index in [4.69, 9.17) is 0 Å². The van der Waals surface area contributed by atoms with Crippen molar-refractivity contribution in [2.24, 2.45) is 0 Å². The van der Waals surface area contributed by atoms with Gasteiger partial charge in [0.25, 0.3) is 0 Å². The first-order valence-corrected chi connectivity index (χ1v) is 9.02. The van der Waals surface area contributed by atoms with E-state index in [0.717, 1.165) is 6.54 Å². The monoisotopic (exact) mass is 293 g/mol. The molecule has 0 radical (unpaired) electrons. The molecule has 0 spiro atoms. The smallest absolute Gasteiger partial charge is 0.0463 e. The number of thiophene rings is 2. The molecule has 104 valence electrons. The van der Waals surface area contributed by atoms with Gasteiger partial charge in [0.05, 0.1) is 0 Å². The highest BCUT2D eigenvalue weighted by Crippen LogP contribution is 2.32. The van der Waals surface area contributed by atoms with Gasteiger partial charge in [0.15, 0.2) is 0 Å². The van der Waals surface area contributed by atoms with E-state index in [1.807, 2.05) is 22.7 Å². The van der Waals surface area contributed by atoms with Gasteiger partial charge in [-0.15, -0.1) is 22.7 Å². The predicted molar refractivity (Wildman–Crippen MR) is 89.5 cm³/mol. The molecule has 2 aromatic heterocycles. The summed E-state index contributed by atoms with van der Waals surface area (Å²) in [6.07, 6.45) is 8.15. The zero-order chi connectivity index (χ0) is 13.3. The maximum absolute atomic E-state index is 3.53. The molecule has 2 heterocycles. The molecular formula is C16H23NS2. The van der Waals surface area contributed by atoms with Gasteiger partial charge in [-0.3, -0.25) is 0 Å². The molecule has 2 aromatic rings. The summed E-state index contributed by atoms with van der Waals surface area (Å²) in [6.45, 7) is 3.37. The van der Waals surface area contributed by atoms with Crippen LogP contribution in [-0.4, -0.2) is 6.54 Å². The third-order valence-corrected chi connectivity index (χ3v) is 5.22. The van der Waals surface area contributed by atoms with Gasteiger partial charge >= 0.3 is 0 Å². The fourth-order valence-corrected chi connectivity index (χ4v) is 3.82. The molecule has 0 fully saturated rings. The lowest BCUT2D eigenvalue weighted by molar-refractivity contribution is 0.617. The zero-order valence-electron chi connectivity index (χ0n) is 11.7. The second kappa shape index (κ2) is 8.39. The molecular weight excluding hydrogens is 270 g/mol. The average Bonchev–Trinajstić information content (AvgIpc) is 3.08. The van der Waals surface area contributed by atoms with E-state index in [2.05, 4.69) is 41.2 Å². The highest BCUT2D eigenvalue weighted by atomic mass is 32.1. The third-order valence-electron chi connectivity index (χ3n) is 3.22. The van der Waals surface area contributed by atoms with Gasteiger partial charge < -0.3 is 5.32 Å². The minimum atomic E-state index is 1.10. The fraction of sp³-hybridized carbons (Fsp3) is 0.500. The van der Waals surface area contributed by atoms with Gasteiger partial charge in [-0.25, -0.2) is 0 Å². The Morgan fingerprint density at radius 1 is 1.00 bits per heavy atom. The molecule has 0 aliphatic heterocycles. The van der Waals surface area contributed by atoms with Crippen LogP contribution in [0, 0.1) is 0 Å². The molecule has 0 aromatic carbocycles. The lowest BCUT2D eigenvalue weighted by Crippen LogP contribution is -1.99. The molecule has 1 N–H and O–H groups in total. The SMILES string of the molecule is CCCCCCCCNc1csc(-c2cccs2)c1. The highest BCUT2D eigenvalue weighted by molar-refractivity contribution is 7.20. The second-order valence-corrected chi connectivity index (χ2v) is 6.73. The summed E-state index contributed by atoms with van der Waals surface area (Å²) in [4.78, 5) is 2.75. The van der Waals surface area contributed by atoms with Gasteiger partial charge in [-0.1, -0.05) is 45.1 Å². The second-order valence-electron chi connectivity index (χ2n) is 4.87. The first kappa shape index (κ1) is 14.6. The molecule has 19 heavy (non-hydrogen) atoms. The number of hydrogen-bond donors (Lipinski definition) is 1. The lowest BCUT2D eigenvalue weighted by Gasteiger charge is -2.03. The van der Waals surface area contributed by atoms with E-state index in [-0.39, 0.29) is 0 Å². The van der Waals surface area contributed by atoms with Crippen molar-refractivity contribution >= 4 is 28.4 Å². The van der Waals surface area contributed by atoms with Crippen LogP contribution in [-0.2, 0) is 0 Å². The molecule has 0 amide bonds. The Balaban J connectivity index is 1.64. The number of hydrogen-bond acceptors (Lipinski definition) is 3. The van der Waals surface area contributed by atoms with E-state index in [9.17, 15) is 0 Å². The Hall–Kier alpha value is -0.800. The minimum Gasteiger partial charge on any atom is -0.384 e. The lowest BCUT2D eigenvalue weighted by atomic mass is 10.1. The molecule has 2 rings (SSSR count). The van der Waals surface area contributed by atoms with Crippen LogP contribution in [0.1, 0.15) is 45.4 Å². The molecule has 0 saturated heterocycles. The van der Waals surface area contributed by atoms with E-state index in [1.54, 1.807) is 0 Å². The summed E-state index contributed by atoms with van der Waals surface area (Å²) in [5, 5.41) is 7.90. The summed E-state index contributed by atoms with van der Waals surface area (Å²) < 4.78 is 0. The largest absolute Gasteiger partial charge is 0.384 e. The fourth-order valence-electron chi connectivity index (χ4n) is 2.11. The average molecular weight is 294 g/mol. The van der Waals surface area contributed by atoms with Crippen LogP contribution in [0.5, 0.6) is 0 Å². The molecule has 0 aliphatic carbocycles. The van der Waals surface area contributed by atoms with Crippen LogP contribution in [0.3, 0.4) is 0 Å². The minimum absolute atomic E-state index is 1.10. The van der Waals surface area contributed by atoms with Gasteiger partial charge in [0.1, 0.15) is 0 Å². The van der Waals surface area contributed by atoms with E-state index < -0.39 is 0 Å². The van der Waals surface area contributed by atoms with Crippen molar-refractivity contribution in [3.8, 4) is 9.75 Å². The zero-order valence-corrected chi connectivity index (χ0v) is 13.3. The Morgan fingerprint density at radius 2 is 1.84 bits per heavy atom. The van der Waals surface area contributed by atoms with Crippen molar-refractivity contribution in [1.82, 2.24) is 0 Å². The van der Waals surface area contributed by atoms with Crippen LogP contribution in [0.15, 0.2) is 29.0 Å². The summed E-state index contributed by atoms with van der Waals surface area (Å²) in [5.74, 6) is 0. The van der Waals surface area contributed by atoms with Crippen molar-refractivity contribution in [2.45, 2.75) is 45.4 Å². The Kier molecular flexibility index (Phi) is 6.45. The Labute approximate surface area is 124 Å². The number of rotatable bonds is 9.